The first-order valence-corrected chi connectivity index (χ1v) is 8.96. The lowest BCUT2D eigenvalue weighted by atomic mass is 9.90. The fourth-order valence-corrected chi connectivity index (χ4v) is 2.55. The van der Waals surface area contributed by atoms with Gasteiger partial charge in [0, 0.05) is 12.2 Å². The van der Waals surface area contributed by atoms with Crippen molar-refractivity contribution in [3.8, 4) is 0 Å². The Morgan fingerprint density at radius 1 is 0.962 bits per heavy atom. The summed E-state index contributed by atoms with van der Waals surface area (Å²) in [5, 5.41) is 5.71. The Balaban J connectivity index is 1.99. The van der Waals surface area contributed by atoms with Crippen LogP contribution in [0, 0.1) is 12.3 Å². The Bertz CT molecular complexity index is 777. The van der Waals surface area contributed by atoms with Crippen LogP contribution in [0.5, 0.6) is 0 Å². The lowest BCUT2D eigenvalue weighted by Gasteiger charge is -2.23. The second kappa shape index (κ2) is 8.17. The first-order chi connectivity index (χ1) is 12.2. The molecule has 0 spiro atoms. The van der Waals surface area contributed by atoms with Crippen molar-refractivity contribution in [3.63, 3.8) is 0 Å². The molecule has 138 valence electrons. The second-order valence-corrected chi connectivity index (χ2v) is 7.46. The molecule has 4 nitrogen and oxygen atoms in total. The molecule has 0 aliphatic heterocycles. The van der Waals surface area contributed by atoms with Gasteiger partial charge in [0.05, 0.1) is 0 Å². The minimum atomic E-state index is -1.17. The summed E-state index contributed by atoms with van der Waals surface area (Å²) in [4.78, 5) is 25.2. The van der Waals surface area contributed by atoms with E-state index in [0.29, 0.717) is 18.2 Å². The van der Waals surface area contributed by atoms with Crippen LogP contribution >= 0.6 is 0 Å². The Hall–Kier alpha value is -2.62. The summed E-state index contributed by atoms with van der Waals surface area (Å²) in [5.74, 6) is -0.183. The Morgan fingerprint density at radius 3 is 2.15 bits per heavy atom. The highest BCUT2D eigenvalue weighted by Gasteiger charge is 2.36. The highest BCUT2D eigenvalue weighted by atomic mass is 16.2. The fourth-order valence-electron chi connectivity index (χ4n) is 2.55. The molecule has 0 radical (unpaired) electrons. The quantitative estimate of drug-likeness (QED) is 0.757. The minimum Gasteiger partial charge on any atom is -0.351 e. The lowest BCUT2D eigenvalue weighted by Crippen LogP contribution is -2.44. The van der Waals surface area contributed by atoms with E-state index in [1.54, 1.807) is 13.8 Å². The number of hydrogen-bond acceptors (Lipinski definition) is 2. The molecule has 2 rings (SSSR count). The number of hydrogen-bond donors (Lipinski definition) is 2. The molecule has 0 bridgehead atoms. The van der Waals surface area contributed by atoms with Crippen LogP contribution < -0.4 is 10.6 Å². The number of nitrogens with one attached hydrogen (secondary N) is 2. The number of carbonyl (C=O) groups excluding carboxylic acids is 2. The number of anilines is 1. The van der Waals surface area contributed by atoms with E-state index in [1.807, 2.05) is 55.5 Å². The summed E-state index contributed by atoms with van der Waals surface area (Å²) in [6, 6.07) is 15.6. The van der Waals surface area contributed by atoms with Crippen molar-refractivity contribution in [2.75, 3.05) is 5.32 Å². The molecule has 0 aliphatic rings. The highest BCUT2D eigenvalue weighted by Crippen LogP contribution is 2.21. The molecule has 0 unspecified atom stereocenters. The largest absolute Gasteiger partial charge is 0.351 e. The van der Waals surface area contributed by atoms with Crippen LogP contribution in [0.3, 0.4) is 0 Å². The molecule has 2 aromatic rings. The van der Waals surface area contributed by atoms with E-state index in [2.05, 4.69) is 24.5 Å². The van der Waals surface area contributed by atoms with Gasteiger partial charge in [0.15, 0.2) is 0 Å². The van der Waals surface area contributed by atoms with Crippen LogP contribution in [-0.2, 0) is 16.1 Å². The first-order valence-electron chi connectivity index (χ1n) is 8.96. The molecular weight excluding hydrogens is 324 g/mol. The third kappa shape index (κ3) is 4.72. The summed E-state index contributed by atoms with van der Waals surface area (Å²) in [7, 11) is 0. The Labute approximate surface area is 156 Å². The van der Waals surface area contributed by atoms with E-state index in [4.69, 9.17) is 0 Å². The molecular formula is C22H28N2O2. The van der Waals surface area contributed by atoms with Crippen molar-refractivity contribution < 1.29 is 9.59 Å². The predicted octanol–water partition coefficient (Wildman–Crippen LogP) is 4.40. The van der Waals surface area contributed by atoms with Gasteiger partial charge in [-0.3, -0.25) is 9.59 Å². The van der Waals surface area contributed by atoms with Crippen LogP contribution in [-0.4, -0.2) is 11.8 Å². The second-order valence-electron chi connectivity index (χ2n) is 7.46. The fraction of sp³-hybridized carbons (Fsp3) is 0.364. The zero-order valence-electron chi connectivity index (χ0n) is 16.2. The zero-order chi connectivity index (χ0) is 19.3. The van der Waals surface area contributed by atoms with E-state index < -0.39 is 5.41 Å². The summed E-state index contributed by atoms with van der Waals surface area (Å²) in [5.41, 5.74) is 2.89. The summed E-state index contributed by atoms with van der Waals surface area (Å²) >= 11 is 0. The molecule has 0 heterocycles. The SMILES string of the molecule is Cc1ccccc1CNC(=O)C(C)(C)C(=O)Nc1ccc(C(C)C)cc1. The van der Waals surface area contributed by atoms with Crippen LogP contribution in [0.4, 0.5) is 5.69 Å². The van der Waals surface area contributed by atoms with Gasteiger partial charge in [-0.2, -0.15) is 0 Å². The molecule has 2 N–H and O–H groups in total. The maximum absolute atomic E-state index is 12.6. The lowest BCUT2D eigenvalue weighted by molar-refractivity contribution is -0.138. The zero-order valence-corrected chi connectivity index (χ0v) is 16.2. The summed E-state index contributed by atoms with van der Waals surface area (Å²) in [6.45, 7) is 9.92. The Morgan fingerprint density at radius 2 is 1.58 bits per heavy atom. The molecule has 0 saturated heterocycles. The standard InChI is InChI=1S/C22H28N2O2/c1-15(2)17-10-12-19(13-11-17)24-21(26)22(4,5)20(25)23-14-18-9-7-6-8-16(18)3/h6-13,15H,14H2,1-5H3,(H,23,25)(H,24,26). The van der Waals surface area contributed by atoms with Crippen LogP contribution in [0.15, 0.2) is 48.5 Å². The first kappa shape index (κ1) is 19.7. The van der Waals surface area contributed by atoms with E-state index in [0.717, 1.165) is 11.1 Å². The van der Waals surface area contributed by atoms with Crippen molar-refractivity contribution in [3.05, 3.63) is 65.2 Å². The third-order valence-electron chi connectivity index (χ3n) is 4.67. The van der Waals surface area contributed by atoms with Crippen molar-refractivity contribution >= 4 is 17.5 Å². The van der Waals surface area contributed by atoms with Crippen molar-refractivity contribution in [2.45, 2.75) is 47.1 Å². The molecule has 26 heavy (non-hydrogen) atoms. The summed E-state index contributed by atoms with van der Waals surface area (Å²) < 4.78 is 0. The maximum atomic E-state index is 12.6. The van der Waals surface area contributed by atoms with Gasteiger partial charge < -0.3 is 10.6 Å². The normalized spacial score (nSPS) is 11.3. The smallest absolute Gasteiger partial charge is 0.239 e. The topological polar surface area (TPSA) is 58.2 Å². The molecule has 4 heteroatoms. The van der Waals surface area contributed by atoms with Gasteiger partial charge in [-0.1, -0.05) is 50.2 Å². The van der Waals surface area contributed by atoms with Crippen molar-refractivity contribution in [2.24, 2.45) is 5.41 Å². The van der Waals surface area contributed by atoms with Crippen LogP contribution in [0.2, 0.25) is 0 Å². The molecule has 0 atom stereocenters. The van der Waals surface area contributed by atoms with E-state index >= 15 is 0 Å². The average molecular weight is 352 g/mol. The summed E-state index contributed by atoms with van der Waals surface area (Å²) in [6.07, 6.45) is 0. The minimum absolute atomic E-state index is 0.294. The number of amides is 2. The van der Waals surface area contributed by atoms with Gasteiger partial charge in [-0.05, 0) is 55.5 Å². The van der Waals surface area contributed by atoms with Gasteiger partial charge in [-0.25, -0.2) is 0 Å². The van der Waals surface area contributed by atoms with Gasteiger partial charge >= 0.3 is 0 Å². The van der Waals surface area contributed by atoms with Gasteiger partial charge in [0.25, 0.3) is 0 Å². The molecule has 0 fully saturated rings. The van der Waals surface area contributed by atoms with Crippen LogP contribution in [0.25, 0.3) is 0 Å². The molecule has 2 amide bonds. The highest BCUT2D eigenvalue weighted by molar-refractivity contribution is 6.09. The van der Waals surface area contributed by atoms with Crippen LogP contribution in [0.1, 0.15) is 50.3 Å². The number of benzene rings is 2. The number of carbonyl (C=O) groups is 2. The number of aryl methyl sites for hydroxylation is 1. The molecule has 0 aliphatic carbocycles. The van der Waals surface area contributed by atoms with Gasteiger partial charge in [-0.15, -0.1) is 0 Å². The molecule has 2 aromatic carbocycles. The Kier molecular flexibility index (Phi) is 6.19. The van der Waals surface area contributed by atoms with Crippen molar-refractivity contribution in [1.82, 2.24) is 5.32 Å². The molecule has 0 aromatic heterocycles. The van der Waals surface area contributed by atoms with E-state index in [1.165, 1.54) is 5.56 Å². The predicted molar refractivity (Wildman–Crippen MR) is 106 cm³/mol. The molecule has 0 saturated carbocycles. The van der Waals surface area contributed by atoms with Gasteiger partial charge in [0.2, 0.25) is 11.8 Å². The van der Waals surface area contributed by atoms with E-state index in [9.17, 15) is 9.59 Å². The third-order valence-corrected chi connectivity index (χ3v) is 4.67. The van der Waals surface area contributed by atoms with Crippen molar-refractivity contribution in [1.29, 1.82) is 0 Å². The monoisotopic (exact) mass is 352 g/mol. The van der Waals surface area contributed by atoms with Gasteiger partial charge in [0.1, 0.15) is 5.41 Å². The maximum Gasteiger partial charge on any atom is 0.239 e. The van der Waals surface area contributed by atoms with E-state index in [-0.39, 0.29) is 11.8 Å². The number of rotatable bonds is 6. The average Bonchev–Trinajstić information content (AvgIpc) is 2.61.